The lowest BCUT2D eigenvalue weighted by Crippen LogP contribution is -2.68. The van der Waals surface area contributed by atoms with Crippen LogP contribution in [0.3, 0.4) is 0 Å². The number of nitrogens with one attached hydrogen (secondary N) is 1. The summed E-state index contributed by atoms with van der Waals surface area (Å²) in [4.78, 5) is 53.5. The van der Waals surface area contributed by atoms with Crippen molar-refractivity contribution in [3.05, 3.63) is 42.5 Å². The van der Waals surface area contributed by atoms with E-state index < -0.39 is 24.1 Å². The maximum atomic E-state index is 13.2. The molecule has 0 aromatic heterocycles. The van der Waals surface area contributed by atoms with Crippen molar-refractivity contribution in [3.63, 3.8) is 0 Å². The van der Waals surface area contributed by atoms with Gasteiger partial charge in [-0.2, -0.15) is 0 Å². The molecule has 3 rings (SSSR count). The van der Waals surface area contributed by atoms with Crippen molar-refractivity contribution >= 4 is 29.4 Å². The number of benzene rings is 1. The largest absolute Gasteiger partial charge is 0.452 e. The lowest BCUT2D eigenvalue weighted by Gasteiger charge is -2.47. The fourth-order valence-electron chi connectivity index (χ4n) is 3.74. The zero-order valence-corrected chi connectivity index (χ0v) is 15.9. The maximum Gasteiger partial charge on any atom is 0.354 e. The van der Waals surface area contributed by atoms with Gasteiger partial charge in [0.1, 0.15) is 0 Å². The Hall–Kier alpha value is -3.16. The molecule has 1 aromatic carbocycles. The van der Waals surface area contributed by atoms with Gasteiger partial charge in [0, 0.05) is 25.4 Å². The maximum absolute atomic E-state index is 13.2. The van der Waals surface area contributed by atoms with Crippen LogP contribution in [-0.4, -0.2) is 53.4 Å². The molecule has 0 radical (unpaired) electrons. The summed E-state index contributed by atoms with van der Waals surface area (Å²) in [5.41, 5.74) is -0.908. The molecule has 2 aliphatic rings. The fraction of sp³-hybridized carbons (Fsp3) is 0.400. The van der Waals surface area contributed by atoms with Crippen LogP contribution in [0, 0.1) is 0 Å². The van der Waals surface area contributed by atoms with E-state index in [1.807, 2.05) is 0 Å². The quantitative estimate of drug-likeness (QED) is 0.587. The molecule has 3 amide bonds. The molecular weight excluding hydrogens is 362 g/mol. The Morgan fingerprint density at radius 2 is 2.04 bits per heavy atom. The number of fused-ring (bicyclic) bond motifs is 3. The lowest BCUT2D eigenvalue weighted by atomic mass is 9.96. The third-order valence-electron chi connectivity index (χ3n) is 4.80. The van der Waals surface area contributed by atoms with Crippen molar-refractivity contribution < 1.29 is 23.9 Å². The zero-order valence-electron chi connectivity index (χ0n) is 15.9. The van der Waals surface area contributed by atoms with Crippen molar-refractivity contribution in [2.75, 3.05) is 18.1 Å². The molecule has 1 N–H and O–H groups in total. The molecule has 1 aromatic rings. The van der Waals surface area contributed by atoms with E-state index in [-0.39, 0.29) is 37.2 Å². The second kappa shape index (κ2) is 7.46. The van der Waals surface area contributed by atoms with Crippen LogP contribution in [0.5, 0.6) is 0 Å². The molecule has 0 saturated carbocycles. The third-order valence-corrected chi connectivity index (χ3v) is 4.80. The van der Waals surface area contributed by atoms with E-state index in [1.165, 1.54) is 15.9 Å². The van der Waals surface area contributed by atoms with E-state index in [4.69, 9.17) is 4.74 Å². The van der Waals surface area contributed by atoms with Crippen LogP contribution in [0.1, 0.15) is 37.0 Å². The van der Waals surface area contributed by atoms with Gasteiger partial charge in [-0.25, -0.2) is 4.79 Å². The second-order valence-corrected chi connectivity index (χ2v) is 7.07. The summed E-state index contributed by atoms with van der Waals surface area (Å²) in [6.45, 7) is 6.81. The van der Waals surface area contributed by atoms with Crippen molar-refractivity contribution in [1.82, 2.24) is 10.2 Å². The first-order valence-corrected chi connectivity index (χ1v) is 9.14. The Labute approximate surface area is 163 Å². The minimum atomic E-state index is -1.62. The van der Waals surface area contributed by atoms with Gasteiger partial charge in [0.15, 0.2) is 6.61 Å². The van der Waals surface area contributed by atoms with Gasteiger partial charge in [-0.1, -0.05) is 18.2 Å². The number of anilines is 1. The van der Waals surface area contributed by atoms with Crippen LogP contribution >= 0.6 is 0 Å². The summed E-state index contributed by atoms with van der Waals surface area (Å²) in [6.07, 6.45) is 1.67. The summed E-state index contributed by atoms with van der Waals surface area (Å²) < 4.78 is 5.26. The highest BCUT2D eigenvalue weighted by molar-refractivity contribution is 6.15. The van der Waals surface area contributed by atoms with Crippen molar-refractivity contribution in [3.8, 4) is 0 Å². The Bertz CT molecular complexity index is 850. The molecule has 1 saturated heterocycles. The first kappa shape index (κ1) is 19.6. The van der Waals surface area contributed by atoms with Crippen LogP contribution in [0.25, 0.3) is 0 Å². The number of rotatable bonds is 6. The molecule has 2 aliphatic heterocycles. The van der Waals surface area contributed by atoms with E-state index in [0.717, 1.165) is 0 Å². The second-order valence-electron chi connectivity index (χ2n) is 7.07. The molecule has 0 spiro atoms. The average Bonchev–Trinajstić information content (AvgIpc) is 3.01. The highest BCUT2D eigenvalue weighted by atomic mass is 16.5. The summed E-state index contributed by atoms with van der Waals surface area (Å²) in [6, 6.07) is 6.55. The van der Waals surface area contributed by atoms with Crippen LogP contribution in [0.15, 0.2) is 36.9 Å². The summed E-state index contributed by atoms with van der Waals surface area (Å²) >= 11 is 0. The molecule has 2 heterocycles. The van der Waals surface area contributed by atoms with Crippen molar-refractivity contribution in [2.24, 2.45) is 0 Å². The number of amides is 3. The number of carbonyl (C=O) groups is 4. The van der Waals surface area contributed by atoms with Gasteiger partial charge in [-0.15, -0.1) is 6.58 Å². The van der Waals surface area contributed by atoms with E-state index in [0.29, 0.717) is 11.3 Å². The highest BCUT2D eigenvalue weighted by Crippen LogP contribution is 2.44. The van der Waals surface area contributed by atoms with Crippen LogP contribution in [0.4, 0.5) is 5.69 Å². The van der Waals surface area contributed by atoms with Gasteiger partial charge in [-0.05, 0) is 26.0 Å². The minimum Gasteiger partial charge on any atom is -0.452 e. The third kappa shape index (κ3) is 3.04. The molecule has 8 heteroatoms. The van der Waals surface area contributed by atoms with Gasteiger partial charge < -0.3 is 15.0 Å². The first-order valence-electron chi connectivity index (χ1n) is 9.14. The molecule has 28 heavy (non-hydrogen) atoms. The molecule has 0 aliphatic carbocycles. The number of hydrogen-bond acceptors (Lipinski definition) is 5. The van der Waals surface area contributed by atoms with Crippen molar-refractivity contribution in [1.29, 1.82) is 0 Å². The molecular formula is C20H23N3O5. The number of nitrogens with zero attached hydrogens (tertiary/aromatic N) is 2. The standard InChI is InChI=1S/C20H23N3O5/c1-4-11-22-18(26)14-7-5-6-8-15(14)23-17(25)9-10-20(22,23)19(27)28-12-16(24)21-13(2)3/h4-8,13H,1,9-12H2,2-3H3,(H,21,24)/t20-/m0/s1. The van der Waals surface area contributed by atoms with Gasteiger partial charge in [0.2, 0.25) is 11.6 Å². The monoisotopic (exact) mass is 385 g/mol. The number of para-hydroxylation sites is 1. The van der Waals surface area contributed by atoms with Gasteiger partial charge in [-0.3, -0.25) is 19.3 Å². The zero-order chi connectivity index (χ0) is 20.5. The number of ether oxygens (including phenoxy) is 1. The van der Waals surface area contributed by atoms with Crippen molar-refractivity contribution in [2.45, 2.75) is 38.4 Å². The molecule has 1 atom stereocenters. The topological polar surface area (TPSA) is 96.0 Å². The molecule has 0 unspecified atom stereocenters. The number of carbonyl (C=O) groups excluding carboxylic acids is 4. The predicted molar refractivity (Wildman–Crippen MR) is 101 cm³/mol. The fourth-order valence-corrected chi connectivity index (χ4v) is 3.74. The van der Waals surface area contributed by atoms with Gasteiger partial charge in [0.05, 0.1) is 11.3 Å². The smallest absolute Gasteiger partial charge is 0.354 e. The normalized spacial score (nSPS) is 20.7. The predicted octanol–water partition coefficient (Wildman–Crippen LogP) is 1.22. The summed E-state index contributed by atoms with van der Waals surface area (Å²) in [5, 5.41) is 2.63. The van der Waals surface area contributed by atoms with E-state index in [2.05, 4.69) is 11.9 Å². The molecule has 8 nitrogen and oxygen atoms in total. The van der Waals surface area contributed by atoms with Gasteiger partial charge >= 0.3 is 5.97 Å². The SMILES string of the molecule is C=CCN1C(=O)c2ccccc2N2C(=O)CC[C@]12C(=O)OCC(=O)NC(C)C. The van der Waals surface area contributed by atoms with Crippen LogP contribution in [-0.2, 0) is 19.1 Å². The Morgan fingerprint density at radius 1 is 1.32 bits per heavy atom. The average molecular weight is 385 g/mol. The number of esters is 1. The first-order chi connectivity index (χ1) is 13.3. The Morgan fingerprint density at radius 3 is 2.71 bits per heavy atom. The van der Waals surface area contributed by atoms with Gasteiger partial charge in [0.25, 0.3) is 11.8 Å². The van der Waals surface area contributed by atoms with Crippen LogP contribution < -0.4 is 10.2 Å². The van der Waals surface area contributed by atoms with E-state index in [9.17, 15) is 19.2 Å². The number of hydrogen-bond donors (Lipinski definition) is 1. The van der Waals surface area contributed by atoms with Crippen LogP contribution in [0.2, 0.25) is 0 Å². The molecule has 0 bridgehead atoms. The highest BCUT2D eigenvalue weighted by Gasteiger charge is 2.61. The Kier molecular flexibility index (Phi) is 5.22. The minimum absolute atomic E-state index is 0.0598. The summed E-state index contributed by atoms with van der Waals surface area (Å²) in [7, 11) is 0. The molecule has 148 valence electrons. The van der Waals surface area contributed by atoms with E-state index in [1.54, 1.807) is 38.1 Å². The Balaban J connectivity index is 2.00. The summed E-state index contributed by atoms with van der Waals surface area (Å²) in [5.74, 6) is -1.92. The lowest BCUT2D eigenvalue weighted by molar-refractivity contribution is -0.159. The van der Waals surface area contributed by atoms with E-state index >= 15 is 0 Å². The molecule has 1 fully saturated rings.